The molecule has 3 heteroatoms. The van der Waals surface area contributed by atoms with Gasteiger partial charge < -0.3 is 10.0 Å². The molecule has 0 aromatic heterocycles. The van der Waals surface area contributed by atoms with Crippen LogP contribution < -0.4 is 0 Å². The maximum Gasteiger partial charge on any atom is 0.488 e. The van der Waals surface area contributed by atoms with Crippen molar-refractivity contribution in [3.63, 3.8) is 0 Å². The van der Waals surface area contributed by atoms with Gasteiger partial charge in [-0.25, -0.2) is 0 Å². The molecule has 0 aromatic carbocycles. The predicted octanol–water partition coefficient (Wildman–Crippen LogP) is 0.687. The molecule has 0 atom stereocenters. The van der Waals surface area contributed by atoms with E-state index < -0.39 is 7.12 Å². The smallest absolute Gasteiger partial charge is 0.423 e. The van der Waals surface area contributed by atoms with E-state index in [2.05, 4.69) is 6.58 Å². The highest BCUT2D eigenvalue weighted by atomic mass is 16.4. The van der Waals surface area contributed by atoms with Crippen molar-refractivity contribution in [3.05, 3.63) is 36.4 Å². The Morgan fingerprint density at radius 2 is 2.10 bits per heavy atom. The molecular weight excluding hydrogens is 127 g/mol. The van der Waals surface area contributed by atoms with E-state index in [9.17, 15) is 0 Å². The van der Waals surface area contributed by atoms with Crippen molar-refractivity contribution >= 4 is 7.12 Å². The van der Waals surface area contributed by atoms with E-state index in [4.69, 9.17) is 10.0 Å². The van der Waals surface area contributed by atoms with Crippen LogP contribution in [0.15, 0.2) is 36.4 Å². The fourth-order valence-electron chi connectivity index (χ4n) is 0.467. The first kappa shape index (κ1) is 9.20. The summed E-state index contributed by atoms with van der Waals surface area (Å²) in [5.74, 6) is 0. The standard InChI is InChI=1S/C7H11BO2/c1-3-5-6-7(4-2)8(9)10/h3-6,9-10H,2H2,1H3/b5-3+,7-6+. The van der Waals surface area contributed by atoms with E-state index in [0.29, 0.717) is 5.47 Å². The third-order valence-electron chi connectivity index (χ3n) is 1.01. The van der Waals surface area contributed by atoms with Crippen LogP contribution in [0.2, 0.25) is 0 Å². The molecule has 0 radical (unpaired) electrons. The highest BCUT2D eigenvalue weighted by Gasteiger charge is 2.08. The van der Waals surface area contributed by atoms with Crippen LogP contribution in [0.1, 0.15) is 6.92 Å². The Morgan fingerprint density at radius 1 is 1.50 bits per heavy atom. The summed E-state index contributed by atoms with van der Waals surface area (Å²) in [6.07, 6.45) is 6.52. The molecule has 54 valence electrons. The third kappa shape index (κ3) is 3.27. The quantitative estimate of drug-likeness (QED) is 0.444. The zero-order valence-corrected chi connectivity index (χ0v) is 5.99. The Balaban J connectivity index is 4.18. The van der Waals surface area contributed by atoms with Crippen LogP contribution in [0, 0.1) is 0 Å². The van der Waals surface area contributed by atoms with Crippen LogP contribution in [0.3, 0.4) is 0 Å². The minimum absolute atomic E-state index is 0.401. The fraction of sp³-hybridized carbons (Fsp3) is 0.143. The predicted molar refractivity (Wildman–Crippen MR) is 43.3 cm³/mol. The molecule has 0 aliphatic carbocycles. The molecule has 10 heavy (non-hydrogen) atoms. The lowest BCUT2D eigenvalue weighted by Gasteiger charge is -1.94. The first-order valence-corrected chi connectivity index (χ1v) is 3.03. The molecule has 0 heterocycles. The molecule has 0 saturated heterocycles. The zero-order valence-electron chi connectivity index (χ0n) is 5.99. The fourth-order valence-corrected chi connectivity index (χ4v) is 0.467. The van der Waals surface area contributed by atoms with Crippen LogP contribution in [-0.4, -0.2) is 17.2 Å². The Labute approximate surface area is 61.3 Å². The lowest BCUT2D eigenvalue weighted by atomic mass is 9.79. The first-order chi connectivity index (χ1) is 4.72. The molecule has 0 fully saturated rings. The molecular formula is C7H11BO2. The van der Waals surface area contributed by atoms with E-state index in [0.717, 1.165) is 0 Å². The van der Waals surface area contributed by atoms with Crippen molar-refractivity contribution in [3.8, 4) is 0 Å². The van der Waals surface area contributed by atoms with E-state index in [1.807, 2.05) is 6.92 Å². The Hall–Kier alpha value is -0.795. The van der Waals surface area contributed by atoms with Gasteiger partial charge in [0.25, 0.3) is 0 Å². The van der Waals surface area contributed by atoms with Crippen molar-refractivity contribution in [2.24, 2.45) is 0 Å². The Bertz CT molecular complexity index is 159. The molecule has 0 amide bonds. The van der Waals surface area contributed by atoms with Gasteiger partial charge in [0, 0.05) is 0 Å². The van der Waals surface area contributed by atoms with E-state index in [1.165, 1.54) is 6.08 Å². The van der Waals surface area contributed by atoms with Crippen molar-refractivity contribution < 1.29 is 10.0 Å². The topological polar surface area (TPSA) is 40.5 Å². The second-order valence-electron chi connectivity index (χ2n) is 1.77. The van der Waals surface area contributed by atoms with Crippen LogP contribution in [-0.2, 0) is 0 Å². The monoisotopic (exact) mass is 138 g/mol. The van der Waals surface area contributed by atoms with E-state index >= 15 is 0 Å². The summed E-state index contributed by atoms with van der Waals surface area (Å²) in [7, 11) is -1.42. The van der Waals surface area contributed by atoms with Gasteiger partial charge in [-0.1, -0.05) is 30.9 Å². The van der Waals surface area contributed by atoms with Gasteiger partial charge in [-0.15, -0.1) is 0 Å². The van der Waals surface area contributed by atoms with Crippen molar-refractivity contribution in [1.82, 2.24) is 0 Å². The summed E-state index contributed by atoms with van der Waals surface area (Å²) >= 11 is 0. The van der Waals surface area contributed by atoms with Gasteiger partial charge in [-0.2, -0.15) is 0 Å². The molecule has 0 saturated carbocycles. The van der Waals surface area contributed by atoms with Gasteiger partial charge >= 0.3 is 7.12 Å². The molecule has 0 spiro atoms. The number of hydrogen-bond donors (Lipinski definition) is 2. The van der Waals surface area contributed by atoms with Crippen molar-refractivity contribution in [2.45, 2.75) is 6.92 Å². The summed E-state index contributed by atoms with van der Waals surface area (Å²) in [5.41, 5.74) is 0.401. The van der Waals surface area contributed by atoms with Crippen LogP contribution >= 0.6 is 0 Å². The molecule has 0 unspecified atom stereocenters. The zero-order chi connectivity index (χ0) is 7.98. The average molecular weight is 138 g/mol. The molecule has 0 rings (SSSR count). The van der Waals surface area contributed by atoms with E-state index in [-0.39, 0.29) is 0 Å². The lowest BCUT2D eigenvalue weighted by molar-refractivity contribution is 0.420. The molecule has 2 nitrogen and oxygen atoms in total. The Kier molecular flexibility index (Phi) is 4.63. The third-order valence-corrected chi connectivity index (χ3v) is 1.01. The number of allylic oxidation sites excluding steroid dienone is 5. The van der Waals surface area contributed by atoms with Gasteiger partial charge in [0.2, 0.25) is 0 Å². The van der Waals surface area contributed by atoms with Gasteiger partial charge in [0.1, 0.15) is 0 Å². The summed E-state index contributed by atoms with van der Waals surface area (Å²) < 4.78 is 0. The van der Waals surface area contributed by atoms with Crippen molar-refractivity contribution in [1.29, 1.82) is 0 Å². The van der Waals surface area contributed by atoms with Gasteiger partial charge in [-0.3, -0.25) is 0 Å². The summed E-state index contributed by atoms with van der Waals surface area (Å²) in [5, 5.41) is 17.2. The minimum atomic E-state index is -1.42. The highest BCUT2D eigenvalue weighted by Crippen LogP contribution is 1.96. The summed E-state index contributed by atoms with van der Waals surface area (Å²) in [4.78, 5) is 0. The minimum Gasteiger partial charge on any atom is -0.423 e. The van der Waals surface area contributed by atoms with Crippen LogP contribution in [0.5, 0.6) is 0 Å². The lowest BCUT2D eigenvalue weighted by Crippen LogP contribution is -2.13. The van der Waals surface area contributed by atoms with Crippen molar-refractivity contribution in [2.75, 3.05) is 0 Å². The largest absolute Gasteiger partial charge is 0.488 e. The molecule has 2 N–H and O–H groups in total. The molecule has 0 aliphatic rings. The van der Waals surface area contributed by atoms with E-state index in [1.54, 1.807) is 18.2 Å². The van der Waals surface area contributed by atoms with Gasteiger partial charge in [-0.05, 0) is 12.4 Å². The highest BCUT2D eigenvalue weighted by molar-refractivity contribution is 6.51. The number of hydrogen-bond acceptors (Lipinski definition) is 2. The number of rotatable bonds is 3. The first-order valence-electron chi connectivity index (χ1n) is 3.03. The average Bonchev–Trinajstić information content (AvgIpc) is 1.89. The second kappa shape index (κ2) is 5.03. The Morgan fingerprint density at radius 3 is 2.40 bits per heavy atom. The maximum atomic E-state index is 8.62. The van der Waals surface area contributed by atoms with Crippen LogP contribution in [0.25, 0.3) is 0 Å². The maximum absolute atomic E-state index is 8.62. The normalized spacial score (nSPS) is 12.1. The van der Waals surface area contributed by atoms with Gasteiger partial charge in [0.05, 0.1) is 0 Å². The van der Waals surface area contributed by atoms with Crippen LogP contribution in [0.4, 0.5) is 0 Å². The molecule has 0 aliphatic heterocycles. The molecule has 0 bridgehead atoms. The second-order valence-corrected chi connectivity index (χ2v) is 1.77. The summed E-state index contributed by atoms with van der Waals surface area (Å²) in [6, 6.07) is 0. The molecule has 0 aromatic rings. The summed E-state index contributed by atoms with van der Waals surface area (Å²) in [6.45, 7) is 5.26. The van der Waals surface area contributed by atoms with Gasteiger partial charge in [0.15, 0.2) is 0 Å². The SMILES string of the molecule is C=C/C(=C\C=C\C)B(O)O.